The molecule has 1 aromatic rings. The summed E-state index contributed by atoms with van der Waals surface area (Å²) in [6.45, 7) is 4.11. The number of benzene rings is 1. The van der Waals surface area contributed by atoms with Crippen LogP contribution in [-0.4, -0.2) is 17.7 Å². The average Bonchev–Trinajstić information content (AvgIpc) is 3.20. The van der Waals surface area contributed by atoms with Gasteiger partial charge in [-0.25, -0.2) is 4.79 Å². The highest BCUT2D eigenvalue weighted by Crippen LogP contribution is 2.57. The van der Waals surface area contributed by atoms with Crippen LogP contribution in [0, 0.1) is 0 Å². The number of hydrogen-bond donors (Lipinski definition) is 1. The summed E-state index contributed by atoms with van der Waals surface area (Å²) in [7, 11) is 0. The van der Waals surface area contributed by atoms with E-state index in [1.54, 1.807) is 6.92 Å². The molecule has 3 nitrogen and oxygen atoms in total. The molecule has 1 aliphatic rings. The molecular weight excluding hydrogens is 276 g/mol. The first kappa shape index (κ1) is 14.9. The molecule has 0 unspecified atom stereocenters. The van der Waals surface area contributed by atoms with Crippen LogP contribution in [0.25, 0.3) is 0 Å². The predicted octanol–water partition coefficient (Wildman–Crippen LogP) is 4.16. The molecule has 0 spiro atoms. The Hall–Kier alpha value is -1.48. The lowest BCUT2D eigenvalue weighted by molar-refractivity contribution is -0.136. The molecule has 1 N–H and O–H groups in total. The Morgan fingerprint density at radius 1 is 1.35 bits per heavy atom. The van der Waals surface area contributed by atoms with E-state index >= 15 is 0 Å². The molecule has 2 rings (SSSR count). The van der Waals surface area contributed by atoms with Crippen molar-refractivity contribution in [3.8, 4) is 0 Å². The number of hydrogen-bond acceptors (Lipinski definition) is 2. The van der Waals surface area contributed by atoms with E-state index in [1.165, 1.54) is 0 Å². The Bertz CT molecular complexity index is 544. The van der Waals surface area contributed by atoms with E-state index in [9.17, 15) is 9.90 Å². The lowest BCUT2D eigenvalue weighted by atomic mass is 9.85. The third-order valence-corrected chi connectivity index (χ3v) is 4.16. The van der Waals surface area contributed by atoms with Crippen molar-refractivity contribution in [3.05, 3.63) is 46.2 Å². The summed E-state index contributed by atoms with van der Waals surface area (Å²) in [5, 5.41) is 10.1. The van der Waals surface area contributed by atoms with E-state index in [0.29, 0.717) is 18.1 Å². The highest BCUT2D eigenvalue weighted by Gasteiger charge is 2.50. The Morgan fingerprint density at radius 3 is 2.45 bits per heavy atom. The summed E-state index contributed by atoms with van der Waals surface area (Å²) in [6, 6.07) is 7.66. The van der Waals surface area contributed by atoms with E-state index in [-0.39, 0.29) is 11.2 Å². The summed E-state index contributed by atoms with van der Waals surface area (Å²) in [6.07, 6.45) is 2.49. The van der Waals surface area contributed by atoms with Crippen molar-refractivity contribution in [2.24, 2.45) is 0 Å². The minimum absolute atomic E-state index is 0.0902. The van der Waals surface area contributed by atoms with Gasteiger partial charge in [0.15, 0.2) is 0 Å². The van der Waals surface area contributed by atoms with Gasteiger partial charge in [-0.05, 0) is 43.4 Å². The van der Waals surface area contributed by atoms with Gasteiger partial charge in [0.1, 0.15) is 0 Å². The molecule has 0 aromatic heterocycles. The van der Waals surface area contributed by atoms with Crippen molar-refractivity contribution in [3.63, 3.8) is 0 Å². The number of rotatable bonds is 6. The zero-order valence-electron chi connectivity index (χ0n) is 11.8. The molecule has 0 atom stereocenters. The van der Waals surface area contributed by atoms with E-state index < -0.39 is 5.97 Å². The van der Waals surface area contributed by atoms with Crippen LogP contribution in [-0.2, 0) is 14.9 Å². The van der Waals surface area contributed by atoms with Crippen LogP contribution in [0.3, 0.4) is 0 Å². The van der Waals surface area contributed by atoms with Gasteiger partial charge in [0, 0.05) is 10.4 Å². The van der Waals surface area contributed by atoms with Gasteiger partial charge in [0.2, 0.25) is 5.76 Å². The van der Waals surface area contributed by atoms with Gasteiger partial charge in [0.05, 0.1) is 6.61 Å². The molecule has 1 fully saturated rings. The Morgan fingerprint density at radius 2 is 2.00 bits per heavy atom. The molecule has 0 heterocycles. The van der Waals surface area contributed by atoms with Crippen LogP contribution in [0.4, 0.5) is 0 Å². The van der Waals surface area contributed by atoms with Crippen molar-refractivity contribution < 1.29 is 14.6 Å². The summed E-state index contributed by atoms with van der Waals surface area (Å²) < 4.78 is 5.38. The molecule has 1 aromatic carbocycles. The normalized spacial score (nSPS) is 17.4. The summed E-state index contributed by atoms with van der Waals surface area (Å²) in [5.74, 6) is -0.908. The van der Waals surface area contributed by atoms with Crippen LogP contribution in [0.5, 0.6) is 0 Å². The number of carboxylic acids is 1. The highest BCUT2D eigenvalue weighted by atomic mass is 35.5. The first-order valence-corrected chi connectivity index (χ1v) is 7.29. The summed E-state index contributed by atoms with van der Waals surface area (Å²) in [4.78, 5) is 11.5. The fourth-order valence-corrected chi connectivity index (χ4v) is 3.16. The molecule has 1 aliphatic carbocycles. The van der Waals surface area contributed by atoms with E-state index in [4.69, 9.17) is 16.3 Å². The SMILES string of the molecule is CCOC(C(=O)O)=C(CC)C1(c2ccccc2Cl)CC1. The maximum atomic E-state index is 11.5. The summed E-state index contributed by atoms with van der Waals surface area (Å²) >= 11 is 6.30. The monoisotopic (exact) mass is 294 g/mol. The van der Waals surface area contributed by atoms with E-state index in [2.05, 4.69) is 0 Å². The number of halogens is 1. The van der Waals surface area contributed by atoms with Crippen LogP contribution in [0.15, 0.2) is 35.6 Å². The lowest BCUT2D eigenvalue weighted by Gasteiger charge is -2.22. The third-order valence-electron chi connectivity index (χ3n) is 3.83. The molecule has 108 valence electrons. The van der Waals surface area contributed by atoms with Gasteiger partial charge in [-0.15, -0.1) is 0 Å². The fourth-order valence-electron chi connectivity index (χ4n) is 2.85. The molecule has 0 bridgehead atoms. The molecule has 0 amide bonds. The predicted molar refractivity (Wildman–Crippen MR) is 78.9 cm³/mol. The highest BCUT2D eigenvalue weighted by molar-refractivity contribution is 6.31. The van der Waals surface area contributed by atoms with Crippen molar-refractivity contribution in [2.75, 3.05) is 6.61 Å². The minimum Gasteiger partial charge on any atom is -0.487 e. The molecule has 1 saturated carbocycles. The zero-order chi connectivity index (χ0) is 14.8. The summed E-state index contributed by atoms with van der Waals surface area (Å²) in [5.41, 5.74) is 1.60. The Kier molecular flexibility index (Phi) is 4.39. The molecule has 4 heteroatoms. The molecule has 20 heavy (non-hydrogen) atoms. The first-order valence-electron chi connectivity index (χ1n) is 6.91. The Labute approximate surface area is 124 Å². The molecule has 0 saturated heterocycles. The van der Waals surface area contributed by atoms with Crippen LogP contribution < -0.4 is 0 Å². The first-order chi connectivity index (χ1) is 9.56. The number of carboxylic acid groups (broad SMARTS) is 1. The third kappa shape index (κ3) is 2.55. The quantitative estimate of drug-likeness (QED) is 0.633. The van der Waals surface area contributed by atoms with E-state index in [0.717, 1.165) is 24.0 Å². The lowest BCUT2D eigenvalue weighted by Crippen LogP contribution is -2.18. The van der Waals surface area contributed by atoms with Crippen molar-refractivity contribution in [2.45, 2.75) is 38.5 Å². The van der Waals surface area contributed by atoms with Crippen LogP contribution >= 0.6 is 11.6 Å². The number of aliphatic carboxylic acids is 1. The number of allylic oxidation sites excluding steroid dienone is 1. The van der Waals surface area contributed by atoms with Gasteiger partial charge < -0.3 is 9.84 Å². The van der Waals surface area contributed by atoms with Crippen LogP contribution in [0.2, 0.25) is 5.02 Å². The Balaban J connectivity index is 2.53. The minimum atomic E-state index is -0.998. The average molecular weight is 295 g/mol. The van der Waals surface area contributed by atoms with Gasteiger partial charge in [-0.1, -0.05) is 36.7 Å². The second-order valence-electron chi connectivity index (χ2n) is 4.96. The zero-order valence-corrected chi connectivity index (χ0v) is 12.5. The molecule has 0 aliphatic heterocycles. The standard InChI is InChI=1S/C16H19ClO3/c1-3-11(14(15(18)19)20-4-2)16(9-10-16)12-7-5-6-8-13(12)17/h5-8H,3-4,9-10H2,1-2H3,(H,18,19). The topological polar surface area (TPSA) is 46.5 Å². The van der Waals surface area contributed by atoms with Crippen molar-refractivity contribution in [1.29, 1.82) is 0 Å². The van der Waals surface area contributed by atoms with Gasteiger partial charge in [0.25, 0.3) is 0 Å². The van der Waals surface area contributed by atoms with Gasteiger partial charge in [-0.2, -0.15) is 0 Å². The fraction of sp³-hybridized carbons (Fsp3) is 0.438. The maximum absolute atomic E-state index is 11.5. The smallest absolute Gasteiger partial charge is 0.371 e. The van der Waals surface area contributed by atoms with Gasteiger partial charge in [-0.3, -0.25) is 0 Å². The largest absolute Gasteiger partial charge is 0.487 e. The van der Waals surface area contributed by atoms with Crippen LogP contribution in [0.1, 0.15) is 38.7 Å². The van der Waals surface area contributed by atoms with Crippen molar-refractivity contribution in [1.82, 2.24) is 0 Å². The number of carbonyl (C=O) groups is 1. The van der Waals surface area contributed by atoms with Gasteiger partial charge >= 0.3 is 5.97 Å². The number of ether oxygens (including phenoxy) is 1. The maximum Gasteiger partial charge on any atom is 0.371 e. The molecular formula is C16H19ClO3. The second kappa shape index (κ2) is 5.88. The van der Waals surface area contributed by atoms with Crippen molar-refractivity contribution >= 4 is 17.6 Å². The second-order valence-corrected chi connectivity index (χ2v) is 5.37. The molecule has 0 radical (unpaired) electrons. The van der Waals surface area contributed by atoms with E-state index in [1.807, 2.05) is 31.2 Å².